The van der Waals surface area contributed by atoms with Crippen LogP contribution in [0.25, 0.3) is 0 Å². The minimum absolute atomic E-state index is 0.0661. The fourth-order valence-corrected chi connectivity index (χ4v) is 1.92. The summed E-state index contributed by atoms with van der Waals surface area (Å²) >= 11 is 3.07. The van der Waals surface area contributed by atoms with Crippen LogP contribution in [0.4, 0.5) is 11.6 Å². The Hall–Kier alpha value is -2.76. The Balaban J connectivity index is 2.58. The van der Waals surface area contributed by atoms with Crippen molar-refractivity contribution in [2.45, 2.75) is 0 Å². The average Bonchev–Trinajstić information content (AvgIpc) is 2.84. The predicted molar refractivity (Wildman–Crippen MR) is 74.2 cm³/mol. The molecule has 0 aliphatic rings. The van der Waals surface area contributed by atoms with Crippen molar-refractivity contribution in [2.75, 3.05) is 12.8 Å². The molecule has 1 heterocycles. The van der Waals surface area contributed by atoms with Crippen LogP contribution >= 0.6 is 15.9 Å². The lowest BCUT2D eigenvalue weighted by atomic mass is 10.1. The number of anilines is 1. The first-order valence-electron chi connectivity index (χ1n) is 5.27. The highest BCUT2D eigenvalue weighted by molar-refractivity contribution is 9.10. The first kappa shape index (κ1) is 14.6. The van der Waals surface area contributed by atoms with Gasteiger partial charge in [0.25, 0.3) is 5.95 Å². The van der Waals surface area contributed by atoms with E-state index in [1.165, 1.54) is 13.2 Å². The zero-order valence-corrected chi connectivity index (χ0v) is 12.1. The van der Waals surface area contributed by atoms with Gasteiger partial charge in [0.15, 0.2) is 5.75 Å². The summed E-state index contributed by atoms with van der Waals surface area (Å²) in [4.78, 5) is 11.3. The lowest BCUT2D eigenvalue weighted by molar-refractivity contribution is -0.386. The van der Waals surface area contributed by atoms with Gasteiger partial charge in [-0.05, 0) is 32.4 Å². The van der Waals surface area contributed by atoms with Gasteiger partial charge in [0, 0.05) is 0 Å². The first-order chi connectivity index (χ1) is 9.95. The fraction of sp³-hybridized carbons (Fsp3) is 0.111. The summed E-state index contributed by atoms with van der Waals surface area (Å²) < 4.78 is 5.07. The normalized spacial score (nSPS) is 11.0. The maximum atomic E-state index is 11.2. The van der Waals surface area contributed by atoms with Gasteiger partial charge in [0.1, 0.15) is 0 Å². The number of nitro groups is 1. The molecule has 0 aliphatic carbocycles. The maximum Gasteiger partial charge on any atom is 0.323 e. The second kappa shape index (κ2) is 5.70. The van der Waals surface area contributed by atoms with Crippen molar-refractivity contribution in [3.05, 3.63) is 26.2 Å². The first-order valence-corrected chi connectivity index (χ1v) is 6.07. The van der Waals surface area contributed by atoms with Crippen molar-refractivity contribution in [3.63, 3.8) is 0 Å². The number of phenols is 1. The molecule has 2 aromatic rings. The Kier molecular flexibility index (Phi) is 3.98. The zero-order chi connectivity index (χ0) is 15.6. The number of phenolic OH excluding ortho intramolecular Hbond substituents is 1. The molecule has 0 unspecified atom stereocenters. The van der Waals surface area contributed by atoms with Gasteiger partial charge in [-0.1, -0.05) is 9.89 Å². The Bertz CT molecular complexity index is 729. The summed E-state index contributed by atoms with van der Waals surface area (Å²) in [6.07, 6.45) is 1.12. The summed E-state index contributed by atoms with van der Waals surface area (Å²) in [5.74, 6) is -0.762. The van der Waals surface area contributed by atoms with Crippen molar-refractivity contribution < 1.29 is 14.8 Å². The van der Waals surface area contributed by atoms with Crippen molar-refractivity contribution >= 4 is 33.8 Å². The molecular weight excluding hydrogens is 350 g/mol. The number of nitrogens with two attached hydrogens (primary N) is 1. The molecule has 11 nitrogen and oxygen atoms in total. The number of halogens is 1. The minimum atomic E-state index is -0.699. The van der Waals surface area contributed by atoms with Gasteiger partial charge in [-0.15, -0.1) is 0 Å². The number of hydrogen-bond acceptors (Lipinski definition) is 9. The third kappa shape index (κ3) is 2.74. The lowest BCUT2D eigenvalue weighted by Gasteiger charge is -2.08. The number of nitro benzene ring substituents is 1. The number of hydrogen-bond donors (Lipinski definition) is 2. The van der Waals surface area contributed by atoms with E-state index in [1.807, 2.05) is 0 Å². The van der Waals surface area contributed by atoms with Crippen molar-refractivity contribution in [1.82, 2.24) is 20.3 Å². The standard InChI is InChI=1S/C9H8BrN7O4/c1-21-8-6(17(19)20)4(2-5(10)7(8)18)3-12-16-9(11)13-14-15-16/h2-3,18H,1H3,(H2,11,13,15)/b12-3+. The number of aromatic hydroxyl groups is 1. The quantitative estimate of drug-likeness (QED) is 0.455. The van der Waals surface area contributed by atoms with E-state index in [9.17, 15) is 15.2 Å². The smallest absolute Gasteiger partial charge is 0.323 e. The van der Waals surface area contributed by atoms with Crippen LogP contribution in [0.15, 0.2) is 15.6 Å². The van der Waals surface area contributed by atoms with E-state index < -0.39 is 10.6 Å². The van der Waals surface area contributed by atoms with Crippen LogP contribution in [-0.2, 0) is 0 Å². The van der Waals surface area contributed by atoms with Gasteiger partial charge in [-0.2, -0.15) is 5.10 Å². The van der Waals surface area contributed by atoms with E-state index in [0.29, 0.717) is 0 Å². The molecule has 0 fully saturated rings. The van der Waals surface area contributed by atoms with Crippen molar-refractivity contribution in [3.8, 4) is 11.5 Å². The van der Waals surface area contributed by atoms with E-state index in [1.54, 1.807) is 0 Å². The predicted octanol–water partition coefficient (Wildman–Crippen LogP) is 0.522. The Morgan fingerprint density at radius 3 is 2.90 bits per heavy atom. The molecular formula is C9H8BrN7O4. The van der Waals surface area contributed by atoms with E-state index in [-0.39, 0.29) is 27.5 Å². The van der Waals surface area contributed by atoms with Gasteiger partial charge >= 0.3 is 5.69 Å². The van der Waals surface area contributed by atoms with Gasteiger partial charge in [-0.25, -0.2) is 0 Å². The van der Waals surface area contributed by atoms with Crippen LogP contribution in [0.5, 0.6) is 11.5 Å². The van der Waals surface area contributed by atoms with Crippen LogP contribution in [0.1, 0.15) is 5.56 Å². The number of tetrazole rings is 1. The molecule has 21 heavy (non-hydrogen) atoms. The molecule has 0 saturated heterocycles. The zero-order valence-electron chi connectivity index (χ0n) is 10.5. The number of nitrogen functional groups attached to an aromatic ring is 1. The lowest BCUT2D eigenvalue weighted by Crippen LogP contribution is -2.02. The Morgan fingerprint density at radius 1 is 1.67 bits per heavy atom. The van der Waals surface area contributed by atoms with E-state index in [4.69, 9.17) is 10.5 Å². The SMILES string of the molecule is COc1c(O)c(Br)cc(/C=N/n2nnnc2N)c1[N+](=O)[O-]. The second-order valence-corrected chi connectivity index (χ2v) is 4.46. The van der Waals surface area contributed by atoms with Gasteiger partial charge in [0.05, 0.1) is 28.3 Å². The molecule has 110 valence electrons. The third-order valence-electron chi connectivity index (χ3n) is 2.38. The van der Waals surface area contributed by atoms with E-state index >= 15 is 0 Å². The number of benzene rings is 1. The summed E-state index contributed by atoms with van der Waals surface area (Å²) in [6, 6.07) is 1.31. The van der Waals surface area contributed by atoms with Gasteiger partial charge < -0.3 is 15.6 Å². The molecule has 0 amide bonds. The molecule has 0 bridgehead atoms. The maximum absolute atomic E-state index is 11.2. The third-order valence-corrected chi connectivity index (χ3v) is 2.99. The molecule has 0 atom stereocenters. The van der Waals surface area contributed by atoms with Crippen LogP contribution in [0, 0.1) is 10.1 Å². The molecule has 1 aromatic heterocycles. The highest BCUT2D eigenvalue weighted by Crippen LogP contribution is 2.43. The molecule has 3 N–H and O–H groups in total. The molecule has 0 spiro atoms. The minimum Gasteiger partial charge on any atom is -0.503 e. The van der Waals surface area contributed by atoms with Crippen LogP contribution in [-0.4, -0.2) is 43.7 Å². The largest absolute Gasteiger partial charge is 0.503 e. The number of aromatic nitrogens is 4. The number of ether oxygens (including phenoxy) is 1. The van der Waals surface area contributed by atoms with E-state index in [2.05, 4.69) is 36.6 Å². The summed E-state index contributed by atoms with van der Waals surface area (Å²) in [5.41, 5.74) is 5.03. The summed E-state index contributed by atoms with van der Waals surface area (Å²) in [5, 5.41) is 34.9. The number of rotatable bonds is 4. The van der Waals surface area contributed by atoms with Gasteiger partial charge in [0.2, 0.25) is 5.75 Å². The highest BCUT2D eigenvalue weighted by atomic mass is 79.9. The summed E-state index contributed by atoms with van der Waals surface area (Å²) in [7, 11) is 1.20. The van der Waals surface area contributed by atoms with Gasteiger partial charge in [-0.3, -0.25) is 10.1 Å². The van der Waals surface area contributed by atoms with Crippen molar-refractivity contribution in [1.29, 1.82) is 0 Å². The number of nitrogens with zero attached hydrogens (tertiary/aromatic N) is 6. The van der Waals surface area contributed by atoms with Crippen LogP contribution < -0.4 is 10.5 Å². The average molecular weight is 358 g/mol. The highest BCUT2D eigenvalue weighted by Gasteiger charge is 2.26. The van der Waals surface area contributed by atoms with Crippen molar-refractivity contribution in [2.24, 2.45) is 5.10 Å². The Morgan fingerprint density at radius 2 is 2.38 bits per heavy atom. The summed E-state index contributed by atoms with van der Waals surface area (Å²) in [6.45, 7) is 0. The molecule has 0 aliphatic heterocycles. The molecule has 1 aromatic carbocycles. The van der Waals surface area contributed by atoms with Crippen LogP contribution in [0.2, 0.25) is 0 Å². The number of methoxy groups -OCH3 is 1. The van der Waals surface area contributed by atoms with Crippen LogP contribution in [0.3, 0.4) is 0 Å². The monoisotopic (exact) mass is 357 g/mol. The molecule has 0 saturated carbocycles. The Labute approximate surface area is 125 Å². The molecule has 12 heteroatoms. The molecule has 0 radical (unpaired) electrons. The topological polar surface area (TPSA) is 155 Å². The second-order valence-electron chi connectivity index (χ2n) is 3.61. The molecule has 2 rings (SSSR count). The fourth-order valence-electron chi connectivity index (χ4n) is 1.49. The van der Waals surface area contributed by atoms with E-state index in [0.717, 1.165) is 11.0 Å².